The number of alkyl halides is 3. The molecule has 0 radical (unpaired) electrons. The molecule has 27 heavy (non-hydrogen) atoms. The van der Waals surface area contributed by atoms with Crippen LogP contribution in [0, 0.1) is 0 Å². The van der Waals surface area contributed by atoms with Crippen LogP contribution in [-0.4, -0.2) is 46.4 Å². The third-order valence-corrected chi connectivity index (χ3v) is 3.89. The quantitative estimate of drug-likeness (QED) is 0.686. The summed E-state index contributed by atoms with van der Waals surface area (Å²) < 4.78 is 43.2. The van der Waals surface area contributed by atoms with Crippen molar-refractivity contribution in [2.75, 3.05) is 25.6 Å². The third kappa shape index (κ3) is 4.32. The second kappa shape index (κ2) is 7.85. The minimum atomic E-state index is -4.39. The number of benzene rings is 1. The van der Waals surface area contributed by atoms with Crippen LogP contribution in [0.2, 0.25) is 0 Å². The van der Waals surface area contributed by atoms with Gasteiger partial charge in [0, 0.05) is 37.8 Å². The number of aliphatic hydroxyl groups excluding tert-OH is 1. The van der Waals surface area contributed by atoms with Crippen LogP contribution in [0.4, 0.5) is 19.0 Å². The van der Waals surface area contributed by atoms with E-state index in [-0.39, 0.29) is 13.2 Å². The van der Waals surface area contributed by atoms with Crippen molar-refractivity contribution in [1.82, 2.24) is 15.0 Å². The van der Waals surface area contributed by atoms with Crippen LogP contribution in [0.25, 0.3) is 22.2 Å². The summed E-state index contributed by atoms with van der Waals surface area (Å²) in [5.41, 5.74) is 1.34. The standard InChI is InChI=1S/C18H17F3N4O2/c1-27-10-13(26)8-24-17-16-15(22-6-7-23-16)14(9-25-17)11-2-4-12(5-3-11)18(19,20)21/h2-7,9,13,26H,8,10H2,1H3,(H,24,25). The van der Waals surface area contributed by atoms with E-state index in [1.54, 1.807) is 0 Å². The highest BCUT2D eigenvalue weighted by Gasteiger charge is 2.30. The van der Waals surface area contributed by atoms with Crippen molar-refractivity contribution in [2.45, 2.75) is 12.3 Å². The lowest BCUT2D eigenvalue weighted by Gasteiger charge is -2.14. The molecule has 2 N–H and O–H groups in total. The molecule has 0 aliphatic rings. The van der Waals surface area contributed by atoms with Crippen LogP contribution < -0.4 is 5.32 Å². The van der Waals surface area contributed by atoms with Gasteiger partial charge in [-0.2, -0.15) is 13.2 Å². The average Bonchev–Trinajstić information content (AvgIpc) is 2.66. The first kappa shape index (κ1) is 19.0. The predicted octanol–water partition coefficient (Wildman–Crippen LogP) is 3.13. The Labute approximate surface area is 153 Å². The van der Waals surface area contributed by atoms with E-state index in [0.29, 0.717) is 28.0 Å². The largest absolute Gasteiger partial charge is 0.416 e. The summed E-state index contributed by atoms with van der Waals surface area (Å²) in [6, 6.07) is 4.79. The van der Waals surface area contributed by atoms with Crippen molar-refractivity contribution < 1.29 is 23.0 Å². The first-order valence-electron chi connectivity index (χ1n) is 8.08. The van der Waals surface area contributed by atoms with Crippen molar-refractivity contribution in [3.63, 3.8) is 0 Å². The number of pyridine rings is 1. The van der Waals surface area contributed by atoms with Crippen molar-refractivity contribution >= 4 is 16.9 Å². The number of ether oxygens (including phenoxy) is 1. The summed E-state index contributed by atoms with van der Waals surface area (Å²) in [5, 5.41) is 12.8. The summed E-state index contributed by atoms with van der Waals surface area (Å²) >= 11 is 0. The fourth-order valence-electron chi connectivity index (χ4n) is 2.60. The van der Waals surface area contributed by atoms with Crippen molar-refractivity contribution in [3.8, 4) is 11.1 Å². The van der Waals surface area contributed by atoms with Gasteiger partial charge in [0.05, 0.1) is 18.3 Å². The van der Waals surface area contributed by atoms with E-state index >= 15 is 0 Å². The summed E-state index contributed by atoms with van der Waals surface area (Å²) in [6.45, 7) is 0.367. The molecule has 1 unspecified atom stereocenters. The molecule has 1 atom stereocenters. The van der Waals surface area contributed by atoms with E-state index < -0.39 is 17.8 Å². The molecule has 2 aromatic heterocycles. The summed E-state index contributed by atoms with van der Waals surface area (Å²) in [7, 11) is 1.49. The Kier molecular flexibility index (Phi) is 5.52. The zero-order valence-electron chi connectivity index (χ0n) is 14.4. The maximum atomic E-state index is 12.8. The Hall–Kier alpha value is -2.78. The number of nitrogens with one attached hydrogen (secondary N) is 1. The van der Waals surface area contributed by atoms with Gasteiger partial charge >= 0.3 is 6.18 Å². The van der Waals surface area contributed by atoms with Crippen LogP contribution in [0.15, 0.2) is 42.9 Å². The SMILES string of the molecule is COCC(O)CNc1ncc(-c2ccc(C(F)(F)F)cc2)c2nccnc12. The fourth-order valence-corrected chi connectivity index (χ4v) is 2.60. The number of fused-ring (bicyclic) bond motifs is 1. The molecule has 3 aromatic rings. The predicted molar refractivity (Wildman–Crippen MR) is 94.1 cm³/mol. The topological polar surface area (TPSA) is 80.2 Å². The number of halogens is 3. The molecule has 1 aromatic carbocycles. The van der Waals surface area contributed by atoms with E-state index in [2.05, 4.69) is 20.3 Å². The van der Waals surface area contributed by atoms with Crippen LogP contribution in [0.3, 0.4) is 0 Å². The van der Waals surface area contributed by atoms with Gasteiger partial charge in [0.15, 0.2) is 5.82 Å². The molecule has 3 rings (SSSR count). The molecule has 0 spiro atoms. The molecule has 0 bridgehead atoms. The number of nitrogens with zero attached hydrogens (tertiary/aromatic N) is 3. The maximum Gasteiger partial charge on any atom is 0.416 e. The van der Waals surface area contributed by atoms with Gasteiger partial charge in [0.2, 0.25) is 0 Å². The lowest BCUT2D eigenvalue weighted by Crippen LogP contribution is -2.24. The lowest BCUT2D eigenvalue weighted by atomic mass is 10.0. The number of hydrogen-bond acceptors (Lipinski definition) is 6. The summed E-state index contributed by atoms with van der Waals surface area (Å²) in [6.07, 6.45) is -0.602. The maximum absolute atomic E-state index is 12.8. The molecule has 2 heterocycles. The molecule has 0 saturated carbocycles. The molecule has 142 valence electrons. The van der Waals surface area contributed by atoms with Gasteiger partial charge < -0.3 is 15.2 Å². The molecular weight excluding hydrogens is 361 g/mol. The number of hydrogen-bond donors (Lipinski definition) is 2. The first-order chi connectivity index (χ1) is 12.9. The minimum Gasteiger partial charge on any atom is -0.389 e. The molecular formula is C18H17F3N4O2. The lowest BCUT2D eigenvalue weighted by molar-refractivity contribution is -0.137. The summed E-state index contributed by atoms with van der Waals surface area (Å²) in [4.78, 5) is 12.9. The molecule has 9 heteroatoms. The number of aromatic nitrogens is 3. The van der Waals surface area contributed by atoms with Gasteiger partial charge in [0.1, 0.15) is 11.0 Å². The van der Waals surface area contributed by atoms with Crippen LogP contribution in [0.1, 0.15) is 5.56 Å². The van der Waals surface area contributed by atoms with Crippen molar-refractivity contribution in [2.24, 2.45) is 0 Å². The normalized spacial score (nSPS) is 12.9. The van der Waals surface area contributed by atoms with Crippen LogP contribution in [-0.2, 0) is 10.9 Å². The summed E-state index contributed by atoms with van der Waals surface area (Å²) in [5.74, 6) is 0.420. The van der Waals surface area contributed by atoms with Gasteiger partial charge in [-0.05, 0) is 17.7 Å². The highest BCUT2D eigenvalue weighted by atomic mass is 19.4. The van der Waals surface area contributed by atoms with Gasteiger partial charge in [-0.15, -0.1) is 0 Å². The van der Waals surface area contributed by atoms with Gasteiger partial charge in [-0.1, -0.05) is 12.1 Å². The Bertz CT molecular complexity index is 917. The van der Waals surface area contributed by atoms with Gasteiger partial charge in [0.25, 0.3) is 0 Å². The molecule has 6 nitrogen and oxygen atoms in total. The Morgan fingerprint density at radius 2 is 1.74 bits per heavy atom. The smallest absolute Gasteiger partial charge is 0.389 e. The van der Waals surface area contributed by atoms with E-state index in [4.69, 9.17) is 4.74 Å². The number of rotatable bonds is 6. The molecule has 0 amide bonds. The minimum absolute atomic E-state index is 0.167. The van der Waals surface area contributed by atoms with Gasteiger partial charge in [-0.3, -0.25) is 4.98 Å². The van der Waals surface area contributed by atoms with E-state index in [1.807, 2.05) is 0 Å². The van der Waals surface area contributed by atoms with Gasteiger partial charge in [-0.25, -0.2) is 9.97 Å². The van der Waals surface area contributed by atoms with E-state index in [0.717, 1.165) is 12.1 Å². The zero-order chi connectivity index (χ0) is 19.4. The van der Waals surface area contributed by atoms with Crippen molar-refractivity contribution in [1.29, 1.82) is 0 Å². The highest BCUT2D eigenvalue weighted by molar-refractivity contribution is 5.96. The Morgan fingerprint density at radius 3 is 2.37 bits per heavy atom. The number of methoxy groups -OCH3 is 1. The highest BCUT2D eigenvalue weighted by Crippen LogP contribution is 2.33. The molecule has 0 aliphatic carbocycles. The fraction of sp³-hybridized carbons (Fsp3) is 0.278. The Balaban J connectivity index is 1.95. The zero-order valence-corrected chi connectivity index (χ0v) is 14.4. The number of aliphatic hydroxyl groups is 1. The number of anilines is 1. The average molecular weight is 378 g/mol. The van der Waals surface area contributed by atoms with Crippen molar-refractivity contribution in [3.05, 3.63) is 48.4 Å². The second-order valence-electron chi connectivity index (χ2n) is 5.84. The first-order valence-corrected chi connectivity index (χ1v) is 8.08. The molecule has 0 aliphatic heterocycles. The monoisotopic (exact) mass is 378 g/mol. The second-order valence-corrected chi connectivity index (χ2v) is 5.84. The molecule has 0 saturated heterocycles. The van der Waals surface area contributed by atoms with Crippen LogP contribution in [0.5, 0.6) is 0 Å². The third-order valence-electron chi connectivity index (χ3n) is 3.89. The van der Waals surface area contributed by atoms with Crippen LogP contribution >= 0.6 is 0 Å². The Morgan fingerprint density at radius 1 is 1.07 bits per heavy atom. The molecule has 0 fully saturated rings. The van der Waals surface area contributed by atoms with E-state index in [9.17, 15) is 18.3 Å². The van der Waals surface area contributed by atoms with E-state index in [1.165, 1.54) is 37.8 Å².